The maximum atomic E-state index is 11.2. The lowest BCUT2D eigenvalue weighted by molar-refractivity contribution is 0.0697. The summed E-state index contributed by atoms with van der Waals surface area (Å²) in [4.78, 5) is 19.7. The molecule has 0 amide bonds. The summed E-state index contributed by atoms with van der Waals surface area (Å²) >= 11 is 0. The van der Waals surface area contributed by atoms with Gasteiger partial charge in [0.15, 0.2) is 0 Å². The fraction of sp³-hybridized carbons (Fsp3) is 0.538. The number of rotatable bonds is 4. The first-order chi connectivity index (χ1) is 8.72. The summed E-state index contributed by atoms with van der Waals surface area (Å²) in [6.45, 7) is 7.00. The summed E-state index contributed by atoms with van der Waals surface area (Å²) in [6.07, 6.45) is 4.34. The molecule has 1 fully saturated rings. The highest BCUT2D eigenvalue weighted by molar-refractivity contribution is 5.94. The number of hydrogen-bond donors (Lipinski definition) is 1. The number of pyridine rings is 1. The van der Waals surface area contributed by atoms with Gasteiger partial charge in [0, 0.05) is 32.4 Å². The van der Waals surface area contributed by atoms with E-state index in [9.17, 15) is 4.79 Å². The van der Waals surface area contributed by atoms with Gasteiger partial charge in [-0.2, -0.15) is 0 Å². The Morgan fingerprint density at radius 3 is 2.72 bits per heavy atom. The second kappa shape index (κ2) is 5.82. The molecule has 0 spiro atoms. The van der Waals surface area contributed by atoms with Crippen LogP contribution in [0.2, 0.25) is 0 Å². The van der Waals surface area contributed by atoms with Gasteiger partial charge in [0.25, 0.3) is 0 Å². The molecule has 0 radical (unpaired) electrons. The molecular formula is C13H19N3O2. The first-order valence-electron chi connectivity index (χ1n) is 6.37. The van der Waals surface area contributed by atoms with E-state index >= 15 is 0 Å². The van der Waals surface area contributed by atoms with Gasteiger partial charge in [-0.1, -0.05) is 6.92 Å². The lowest BCUT2D eigenvalue weighted by Gasteiger charge is -2.36. The zero-order chi connectivity index (χ0) is 13.0. The number of anilines is 1. The number of hydrogen-bond acceptors (Lipinski definition) is 4. The molecule has 98 valence electrons. The van der Waals surface area contributed by atoms with Crippen LogP contribution in [0.5, 0.6) is 0 Å². The molecule has 5 heteroatoms. The third-order valence-electron chi connectivity index (χ3n) is 3.28. The van der Waals surface area contributed by atoms with E-state index in [0.717, 1.165) is 44.8 Å². The van der Waals surface area contributed by atoms with Crippen LogP contribution in [-0.4, -0.2) is 53.7 Å². The highest BCUT2D eigenvalue weighted by atomic mass is 16.4. The minimum absolute atomic E-state index is 0.342. The van der Waals surface area contributed by atoms with E-state index in [1.54, 1.807) is 12.3 Å². The Labute approximate surface area is 107 Å². The number of aromatic nitrogens is 1. The minimum atomic E-state index is -0.886. The highest BCUT2D eigenvalue weighted by Gasteiger charge is 2.20. The van der Waals surface area contributed by atoms with E-state index < -0.39 is 5.97 Å². The Morgan fingerprint density at radius 2 is 2.11 bits per heavy atom. The molecular weight excluding hydrogens is 230 g/mol. The number of carboxylic acids is 1. The largest absolute Gasteiger partial charge is 0.478 e. The van der Waals surface area contributed by atoms with Crippen LogP contribution in [0.25, 0.3) is 0 Å². The van der Waals surface area contributed by atoms with E-state index in [4.69, 9.17) is 5.11 Å². The molecule has 0 atom stereocenters. The molecule has 0 aliphatic carbocycles. The average molecular weight is 249 g/mol. The fourth-order valence-electron chi connectivity index (χ4n) is 2.35. The number of carbonyl (C=O) groups is 1. The van der Waals surface area contributed by atoms with Crippen LogP contribution in [0.3, 0.4) is 0 Å². The van der Waals surface area contributed by atoms with Gasteiger partial charge in [-0.15, -0.1) is 0 Å². The predicted octanol–water partition coefficient (Wildman–Crippen LogP) is 1.31. The van der Waals surface area contributed by atoms with Crippen LogP contribution in [0.15, 0.2) is 18.5 Å². The predicted molar refractivity (Wildman–Crippen MR) is 70.1 cm³/mol. The zero-order valence-electron chi connectivity index (χ0n) is 10.7. The van der Waals surface area contributed by atoms with Crippen molar-refractivity contribution in [1.82, 2.24) is 9.88 Å². The van der Waals surface area contributed by atoms with E-state index in [1.165, 1.54) is 6.20 Å². The van der Waals surface area contributed by atoms with Crippen molar-refractivity contribution in [1.29, 1.82) is 0 Å². The summed E-state index contributed by atoms with van der Waals surface area (Å²) in [5.41, 5.74) is 1.08. The Morgan fingerprint density at radius 1 is 1.39 bits per heavy atom. The second-order valence-corrected chi connectivity index (χ2v) is 4.53. The van der Waals surface area contributed by atoms with Crippen molar-refractivity contribution in [3.63, 3.8) is 0 Å². The maximum Gasteiger partial charge on any atom is 0.337 e. The van der Waals surface area contributed by atoms with Crippen LogP contribution in [0, 0.1) is 0 Å². The summed E-state index contributed by atoms with van der Waals surface area (Å²) in [6, 6.07) is 1.57. The molecule has 1 aromatic rings. The van der Waals surface area contributed by atoms with Gasteiger partial charge in [-0.25, -0.2) is 4.79 Å². The van der Waals surface area contributed by atoms with Crippen LogP contribution >= 0.6 is 0 Å². The summed E-state index contributed by atoms with van der Waals surface area (Å²) < 4.78 is 0. The fourth-order valence-corrected chi connectivity index (χ4v) is 2.35. The van der Waals surface area contributed by atoms with E-state index in [1.807, 2.05) is 0 Å². The van der Waals surface area contributed by atoms with Gasteiger partial charge in [-0.3, -0.25) is 9.88 Å². The van der Waals surface area contributed by atoms with Gasteiger partial charge in [0.05, 0.1) is 17.4 Å². The molecule has 5 nitrogen and oxygen atoms in total. The molecule has 0 aromatic carbocycles. The molecule has 1 saturated heterocycles. The third-order valence-corrected chi connectivity index (χ3v) is 3.28. The molecule has 0 saturated carbocycles. The third kappa shape index (κ3) is 2.79. The number of carboxylic acid groups (broad SMARTS) is 1. The molecule has 0 bridgehead atoms. The van der Waals surface area contributed by atoms with Crippen LogP contribution in [0.1, 0.15) is 23.7 Å². The summed E-state index contributed by atoms with van der Waals surface area (Å²) in [7, 11) is 0. The standard InChI is InChI=1S/C13H19N3O2/c1-2-5-15-6-8-16(9-7-15)12-10-14-4-3-11(12)13(17)18/h3-4,10H,2,5-9H2,1H3,(H,17,18). The van der Waals surface area contributed by atoms with Crippen molar-refractivity contribution in [3.8, 4) is 0 Å². The topological polar surface area (TPSA) is 56.7 Å². The number of aromatic carboxylic acids is 1. The summed E-state index contributed by atoms with van der Waals surface area (Å²) in [5.74, 6) is -0.886. The number of piperazine rings is 1. The Bertz CT molecular complexity index is 414. The summed E-state index contributed by atoms with van der Waals surface area (Å²) in [5, 5.41) is 9.17. The number of nitrogens with zero attached hydrogens (tertiary/aromatic N) is 3. The molecule has 18 heavy (non-hydrogen) atoms. The Balaban J connectivity index is 2.07. The lowest BCUT2D eigenvalue weighted by atomic mass is 10.2. The maximum absolute atomic E-state index is 11.2. The van der Waals surface area contributed by atoms with Crippen LogP contribution < -0.4 is 4.90 Å². The van der Waals surface area contributed by atoms with Gasteiger partial charge in [0.2, 0.25) is 0 Å². The second-order valence-electron chi connectivity index (χ2n) is 4.53. The Kier molecular flexibility index (Phi) is 4.15. The van der Waals surface area contributed by atoms with Crippen molar-refractivity contribution < 1.29 is 9.90 Å². The molecule has 1 aliphatic rings. The van der Waals surface area contributed by atoms with Crippen LogP contribution in [-0.2, 0) is 0 Å². The molecule has 1 aromatic heterocycles. The average Bonchev–Trinajstić information content (AvgIpc) is 2.40. The van der Waals surface area contributed by atoms with Crippen molar-refractivity contribution in [2.24, 2.45) is 0 Å². The molecule has 2 rings (SSSR count). The van der Waals surface area contributed by atoms with E-state index in [2.05, 4.69) is 21.7 Å². The quantitative estimate of drug-likeness (QED) is 0.872. The normalized spacial score (nSPS) is 16.8. The van der Waals surface area contributed by atoms with Crippen molar-refractivity contribution in [3.05, 3.63) is 24.0 Å². The zero-order valence-corrected chi connectivity index (χ0v) is 10.7. The SMILES string of the molecule is CCCN1CCN(c2cnccc2C(=O)O)CC1. The van der Waals surface area contributed by atoms with Gasteiger partial charge in [0.1, 0.15) is 0 Å². The Hall–Kier alpha value is -1.62. The molecule has 2 heterocycles. The van der Waals surface area contributed by atoms with Crippen molar-refractivity contribution in [2.75, 3.05) is 37.6 Å². The molecule has 0 unspecified atom stereocenters. The smallest absolute Gasteiger partial charge is 0.337 e. The van der Waals surface area contributed by atoms with Crippen LogP contribution in [0.4, 0.5) is 5.69 Å². The van der Waals surface area contributed by atoms with Crippen molar-refractivity contribution >= 4 is 11.7 Å². The monoisotopic (exact) mass is 249 g/mol. The first kappa shape index (κ1) is 12.8. The van der Waals surface area contributed by atoms with Gasteiger partial charge < -0.3 is 10.0 Å². The van der Waals surface area contributed by atoms with E-state index in [0.29, 0.717) is 5.56 Å². The van der Waals surface area contributed by atoms with Gasteiger partial charge in [-0.05, 0) is 19.0 Å². The minimum Gasteiger partial charge on any atom is -0.478 e. The van der Waals surface area contributed by atoms with E-state index in [-0.39, 0.29) is 0 Å². The van der Waals surface area contributed by atoms with Crippen molar-refractivity contribution in [2.45, 2.75) is 13.3 Å². The molecule has 1 N–H and O–H groups in total. The van der Waals surface area contributed by atoms with Gasteiger partial charge >= 0.3 is 5.97 Å². The first-order valence-corrected chi connectivity index (χ1v) is 6.37. The lowest BCUT2D eigenvalue weighted by Crippen LogP contribution is -2.47. The highest BCUT2D eigenvalue weighted by Crippen LogP contribution is 2.20. The molecule has 1 aliphatic heterocycles.